The number of carboxylic acids is 3. The van der Waals surface area contributed by atoms with Gasteiger partial charge in [-0.2, -0.15) is 19.2 Å². The monoisotopic (exact) mass is 703 g/mol. The third-order valence-electron chi connectivity index (χ3n) is 7.36. The van der Waals surface area contributed by atoms with Crippen molar-refractivity contribution in [2.24, 2.45) is 0 Å². The van der Waals surface area contributed by atoms with Crippen molar-refractivity contribution >= 4 is 41.8 Å². The number of carboxylic acid groups (broad SMARTS) is 3. The van der Waals surface area contributed by atoms with Crippen LogP contribution in [-0.4, -0.2) is 230 Å². The van der Waals surface area contributed by atoms with Gasteiger partial charge in [-0.05, 0) is 27.9 Å². The number of Topliss-reactive ketones (excluding diaryl/α,β-unsaturated/α-hetero) is 2. The Morgan fingerprint density at radius 3 is 0.735 bits per heavy atom. The van der Waals surface area contributed by atoms with Gasteiger partial charge in [-0.3, -0.25) is 48.5 Å². The molecule has 19 heteroatoms. The van der Waals surface area contributed by atoms with Gasteiger partial charge in [0.15, 0.2) is 0 Å². The van der Waals surface area contributed by atoms with Crippen molar-refractivity contribution in [1.29, 1.82) is 0 Å². The Hall–Kier alpha value is -3.77. The molecule has 0 unspecified atom stereocenters. The van der Waals surface area contributed by atoms with E-state index in [1.165, 1.54) is 6.92 Å². The molecule has 0 saturated carbocycles. The summed E-state index contributed by atoms with van der Waals surface area (Å²) in [4.78, 5) is 102. The Kier molecular flexibility index (Phi) is 28.2. The van der Waals surface area contributed by atoms with Gasteiger partial charge in [0.1, 0.15) is 11.6 Å². The van der Waals surface area contributed by atoms with Gasteiger partial charge in [-0.25, -0.2) is 0 Å². The summed E-state index contributed by atoms with van der Waals surface area (Å²) in [5.74, 6) is -2.34. The van der Waals surface area contributed by atoms with Crippen LogP contribution in [-0.2, 0) is 43.2 Å². The molecule has 49 heavy (non-hydrogen) atoms. The summed E-state index contributed by atoms with van der Waals surface area (Å²) in [6.45, 7) is 13.9. The fourth-order valence-corrected chi connectivity index (χ4v) is 4.87. The first-order chi connectivity index (χ1) is 23.1. The van der Waals surface area contributed by atoms with Crippen LogP contribution in [0.5, 0.6) is 0 Å². The molecule has 2 rings (SSSR count). The minimum Gasteiger partial charge on any atom is -0.480 e. The van der Waals surface area contributed by atoms with Gasteiger partial charge < -0.3 is 25.1 Å². The molecule has 3 N–H and O–H groups in total. The number of rotatable bonds is 10. The van der Waals surface area contributed by atoms with Gasteiger partial charge in [-0.15, -0.1) is 0 Å². The molecule has 0 amide bonds. The zero-order chi connectivity index (χ0) is 37.8. The lowest BCUT2D eigenvalue weighted by molar-refractivity contribution is -0.193. The van der Waals surface area contributed by atoms with E-state index in [0.29, 0.717) is 52.4 Å². The smallest absolute Gasteiger partial charge is 0.373 e. The SMILES string of the molecule is CC(=O)CN1CCN(C)CCN(CC(=O)O)CCN(C)CC1.CC(=O)CN1CCN(CC(=O)O)CCN(CC(=O)O)CC1.O=C=O.O=C=O. The molecule has 2 aliphatic rings. The van der Waals surface area contributed by atoms with Crippen molar-refractivity contribution in [3.8, 4) is 0 Å². The predicted octanol–water partition coefficient (Wildman–Crippen LogP) is -3.36. The summed E-state index contributed by atoms with van der Waals surface area (Å²) in [5.41, 5.74) is 0. The second-order valence-electron chi connectivity index (χ2n) is 11.7. The molecule has 2 saturated heterocycles. The van der Waals surface area contributed by atoms with Crippen molar-refractivity contribution in [3.63, 3.8) is 0 Å². The third-order valence-corrected chi connectivity index (χ3v) is 7.36. The molecule has 2 aliphatic heterocycles. The molecule has 0 radical (unpaired) electrons. The van der Waals surface area contributed by atoms with Crippen LogP contribution in [0.1, 0.15) is 13.8 Å². The lowest BCUT2D eigenvalue weighted by Gasteiger charge is -2.31. The van der Waals surface area contributed by atoms with Crippen LogP contribution in [0.2, 0.25) is 0 Å². The third kappa shape index (κ3) is 30.1. The van der Waals surface area contributed by atoms with Crippen LogP contribution in [0.3, 0.4) is 0 Å². The van der Waals surface area contributed by atoms with E-state index in [9.17, 15) is 24.0 Å². The number of carbonyl (C=O) groups is 5. The minimum absolute atomic E-state index is 0.0452. The van der Waals surface area contributed by atoms with Crippen molar-refractivity contribution in [2.75, 3.05) is 138 Å². The molecule has 19 nitrogen and oxygen atoms in total. The molecule has 0 bridgehead atoms. The van der Waals surface area contributed by atoms with Crippen LogP contribution >= 0.6 is 0 Å². The van der Waals surface area contributed by atoms with Gasteiger partial charge in [0.2, 0.25) is 0 Å². The zero-order valence-electron chi connectivity index (χ0n) is 29.1. The molecule has 0 aromatic rings. The summed E-state index contributed by atoms with van der Waals surface area (Å²) in [6, 6.07) is 0. The fourth-order valence-electron chi connectivity index (χ4n) is 4.87. The maximum absolute atomic E-state index is 11.4. The highest BCUT2D eigenvalue weighted by atomic mass is 16.4. The Bertz CT molecular complexity index is 937. The number of nitrogens with zero attached hydrogens (tertiary/aromatic N) is 7. The Labute approximate surface area is 286 Å². The van der Waals surface area contributed by atoms with Crippen molar-refractivity contribution in [1.82, 2.24) is 34.3 Å². The van der Waals surface area contributed by atoms with Crippen molar-refractivity contribution < 1.29 is 58.5 Å². The molecule has 280 valence electrons. The first-order valence-electron chi connectivity index (χ1n) is 15.7. The molecule has 0 aromatic heterocycles. The van der Waals surface area contributed by atoms with E-state index in [1.54, 1.807) is 16.7 Å². The lowest BCUT2D eigenvalue weighted by Crippen LogP contribution is -2.46. The molecule has 2 fully saturated rings. The minimum atomic E-state index is -0.905. The first-order valence-corrected chi connectivity index (χ1v) is 15.7. The molecule has 0 aromatic carbocycles. The van der Waals surface area contributed by atoms with Crippen LogP contribution in [0.4, 0.5) is 0 Å². The normalized spacial score (nSPS) is 18.5. The second-order valence-corrected chi connectivity index (χ2v) is 11.7. The van der Waals surface area contributed by atoms with Gasteiger partial charge in [0.25, 0.3) is 0 Å². The Morgan fingerprint density at radius 1 is 0.408 bits per heavy atom. The first kappa shape index (κ1) is 47.3. The highest BCUT2D eigenvalue weighted by Crippen LogP contribution is 2.02. The Morgan fingerprint density at radius 2 is 0.571 bits per heavy atom. The van der Waals surface area contributed by atoms with Gasteiger partial charge in [0, 0.05) is 91.6 Å². The van der Waals surface area contributed by atoms with E-state index in [2.05, 4.69) is 14.7 Å². The molecule has 0 aliphatic carbocycles. The number of hydrogen-bond acceptors (Lipinski definition) is 16. The predicted molar refractivity (Wildman–Crippen MR) is 171 cm³/mol. The molecular weight excluding hydrogens is 650 g/mol. The van der Waals surface area contributed by atoms with Crippen LogP contribution in [0.15, 0.2) is 0 Å². The van der Waals surface area contributed by atoms with Crippen molar-refractivity contribution in [3.05, 3.63) is 0 Å². The average molecular weight is 704 g/mol. The summed E-state index contributed by atoms with van der Waals surface area (Å²) in [5, 5.41) is 26.8. The van der Waals surface area contributed by atoms with Gasteiger partial charge in [-0.1, -0.05) is 0 Å². The standard InChI is InChI=1S/C15H30N4O3.C13H23N3O5.2CO2/c1-14(20)12-18-8-4-16(2)6-10-19(13-15(21)22)11-7-17(3)5-9-18;1-11(17)8-14-2-4-15(9-12(18)19)6-7-16(5-3-14)10-13(20)21;2*2-1-3/h4-13H2,1-3H3,(H,21,22);2-10H2,1H3,(H,18,19)(H,20,21);;. The summed E-state index contributed by atoms with van der Waals surface area (Å²) in [7, 11) is 4.09. The number of aliphatic carboxylic acids is 3. The second kappa shape index (κ2) is 29.2. The van der Waals surface area contributed by atoms with E-state index < -0.39 is 17.9 Å². The quantitative estimate of drug-likeness (QED) is 0.201. The number of likely N-dealkylation sites (N-methyl/N-ethyl adjacent to an activating group) is 2. The molecule has 0 spiro atoms. The Balaban J connectivity index is 0. The van der Waals surface area contributed by atoms with Crippen molar-refractivity contribution in [2.45, 2.75) is 13.8 Å². The average Bonchev–Trinajstić information content (AvgIpc) is 3.06. The molecule has 2 heterocycles. The van der Waals surface area contributed by atoms with E-state index >= 15 is 0 Å². The number of carbonyl (C=O) groups excluding carboxylic acids is 6. The summed E-state index contributed by atoms with van der Waals surface area (Å²) >= 11 is 0. The highest BCUT2D eigenvalue weighted by Gasteiger charge is 2.20. The molecular formula is C30H53N7O12. The van der Waals surface area contributed by atoms with Gasteiger partial charge >= 0.3 is 30.2 Å². The summed E-state index contributed by atoms with van der Waals surface area (Å²) < 4.78 is 0. The van der Waals surface area contributed by atoms with Crippen LogP contribution in [0.25, 0.3) is 0 Å². The largest absolute Gasteiger partial charge is 0.480 e. The highest BCUT2D eigenvalue weighted by molar-refractivity contribution is 5.78. The topological polar surface area (TPSA) is 237 Å². The van der Waals surface area contributed by atoms with Gasteiger partial charge in [0.05, 0.1) is 32.7 Å². The zero-order valence-corrected chi connectivity index (χ0v) is 29.1. The summed E-state index contributed by atoms with van der Waals surface area (Å²) in [6.07, 6.45) is 0.500. The van der Waals surface area contributed by atoms with E-state index in [-0.39, 0.29) is 43.5 Å². The lowest BCUT2D eigenvalue weighted by atomic mass is 10.3. The number of hydrogen-bond donors (Lipinski definition) is 3. The van der Waals surface area contributed by atoms with E-state index in [4.69, 9.17) is 34.5 Å². The maximum Gasteiger partial charge on any atom is 0.373 e. The number of ketones is 2. The fraction of sp³-hybridized carbons (Fsp3) is 0.767. The van der Waals surface area contributed by atoms with Crippen LogP contribution < -0.4 is 0 Å². The molecule has 0 atom stereocenters. The van der Waals surface area contributed by atoms with E-state index in [1.807, 2.05) is 23.9 Å². The van der Waals surface area contributed by atoms with E-state index in [0.717, 1.165) is 52.4 Å². The maximum atomic E-state index is 11.4. The van der Waals surface area contributed by atoms with Crippen LogP contribution in [0, 0.1) is 0 Å².